The average molecular weight is 319 g/mol. The maximum atomic E-state index is 13.0. The van der Waals surface area contributed by atoms with Gasteiger partial charge in [-0.2, -0.15) is 0 Å². The number of hydrogen-bond donors (Lipinski definition) is 1. The SMILES string of the molecule is C[C@@H]1C(O)CC[C@]2(C)C(=O)C(=Cc3cccc(Cl)c3)CCC12. The molecule has 0 spiro atoms. The lowest BCUT2D eigenvalue weighted by atomic mass is 9.55. The molecular formula is C19H23ClO2. The number of carbonyl (C=O) groups is 1. The predicted octanol–water partition coefficient (Wildman–Crippen LogP) is 4.50. The number of carbonyl (C=O) groups excluding carboxylic acids is 1. The van der Waals surface area contributed by atoms with E-state index in [4.69, 9.17) is 11.6 Å². The Morgan fingerprint density at radius 2 is 2.14 bits per heavy atom. The van der Waals surface area contributed by atoms with Crippen molar-refractivity contribution in [2.24, 2.45) is 17.3 Å². The van der Waals surface area contributed by atoms with Gasteiger partial charge in [0.15, 0.2) is 5.78 Å². The second kappa shape index (κ2) is 5.82. The van der Waals surface area contributed by atoms with Crippen molar-refractivity contribution in [2.75, 3.05) is 0 Å². The topological polar surface area (TPSA) is 37.3 Å². The maximum absolute atomic E-state index is 13.0. The Morgan fingerprint density at radius 3 is 2.86 bits per heavy atom. The van der Waals surface area contributed by atoms with E-state index >= 15 is 0 Å². The molecule has 2 unspecified atom stereocenters. The van der Waals surface area contributed by atoms with E-state index in [1.165, 1.54) is 0 Å². The van der Waals surface area contributed by atoms with Gasteiger partial charge < -0.3 is 5.11 Å². The first-order valence-corrected chi connectivity index (χ1v) is 8.48. The maximum Gasteiger partial charge on any atom is 0.165 e. The first-order chi connectivity index (χ1) is 10.4. The highest BCUT2D eigenvalue weighted by atomic mass is 35.5. The molecule has 1 aromatic carbocycles. The van der Waals surface area contributed by atoms with E-state index in [1.54, 1.807) is 0 Å². The van der Waals surface area contributed by atoms with Crippen LogP contribution in [0.3, 0.4) is 0 Å². The lowest BCUT2D eigenvalue weighted by Crippen LogP contribution is -2.50. The van der Waals surface area contributed by atoms with Gasteiger partial charge in [0.1, 0.15) is 0 Å². The molecule has 0 heterocycles. The first kappa shape index (κ1) is 15.8. The van der Waals surface area contributed by atoms with E-state index in [0.29, 0.717) is 10.9 Å². The average Bonchev–Trinajstić information content (AvgIpc) is 2.48. The Morgan fingerprint density at radius 1 is 1.36 bits per heavy atom. The van der Waals surface area contributed by atoms with Gasteiger partial charge in [-0.15, -0.1) is 0 Å². The van der Waals surface area contributed by atoms with Gasteiger partial charge in [-0.25, -0.2) is 0 Å². The number of allylic oxidation sites excluding steroid dienone is 1. The molecular weight excluding hydrogens is 296 g/mol. The number of benzene rings is 1. The number of halogens is 1. The number of aliphatic hydroxyl groups excluding tert-OH is 1. The quantitative estimate of drug-likeness (QED) is 0.774. The Hall–Kier alpha value is -1.12. The van der Waals surface area contributed by atoms with Gasteiger partial charge in [-0.1, -0.05) is 37.6 Å². The highest BCUT2D eigenvalue weighted by Crippen LogP contribution is 2.52. The van der Waals surface area contributed by atoms with Crippen molar-refractivity contribution in [1.82, 2.24) is 0 Å². The van der Waals surface area contributed by atoms with Crippen molar-refractivity contribution in [3.8, 4) is 0 Å². The normalized spacial score (nSPS) is 37.2. The van der Waals surface area contributed by atoms with Crippen LogP contribution >= 0.6 is 11.6 Å². The standard InChI is InChI=1S/C19H23ClO2/c1-12-16-7-6-14(10-13-4-3-5-15(20)11-13)18(22)19(16,2)9-8-17(12)21/h3-5,10-12,16-17,21H,6-9H2,1-2H3/t12-,16?,17?,19-/m0/s1. The monoisotopic (exact) mass is 318 g/mol. The van der Waals surface area contributed by atoms with E-state index in [1.807, 2.05) is 30.3 Å². The molecule has 1 N–H and O–H groups in total. The van der Waals surface area contributed by atoms with E-state index in [0.717, 1.165) is 36.8 Å². The number of Topliss-reactive ketones (excluding diaryl/α,β-unsaturated/α-hetero) is 1. The highest BCUT2D eigenvalue weighted by molar-refractivity contribution is 6.30. The smallest absolute Gasteiger partial charge is 0.165 e. The van der Waals surface area contributed by atoms with Gasteiger partial charge in [0.05, 0.1) is 6.10 Å². The summed E-state index contributed by atoms with van der Waals surface area (Å²) in [5, 5.41) is 10.8. The molecule has 1 aromatic rings. The Bertz CT molecular complexity index is 622. The van der Waals surface area contributed by atoms with Gasteiger partial charge >= 0.3 is 0 Å². The minimum absolute atomic E-state index is 0.204. The molecule has 2 fully saturated rings. The molecule has 2 aliphatic carbocycles. The third-order valence-corrected chi connectivity index (χ3v) is 5.98. The summed E-state index contributed by atoms with van der Waals surface area (Å²) < 4.78 is 0. The van der Waals surface area contributed by atoms with Crippen LogP contribution in [0.15, 0.2) is 29.8 Å². The zero-order valence-electron chi connectivity index (χ0n) is 13.2. The van der Waals surface area contributed by atoms with Gasteiger partial charge in [0, 0.05) is 10.4 Å². The van der Waals surface area contributed by atoms with Crippen molar-refractivity contribution >= 4 is 23.5 Å². The van der Waals surface area contributed by atoms with Crippen LogP contribution in [0.5, 0.6) is 0 Å². The van der Waals surface area contributed by atoms with Crippen LogP contribution in [0.25, 0.3) is 6.08 Å². The summed E-state index contributed by atoms with van der Waals surface area (Å²) in [5.74, 6) is 0.762. The fourth-order valence-electron chi connectivity index (χ4n) is 4.33. The number of hydrogen-bond acceptors (Lipinski definition) is 2. The molecule has 118 valence electrons. The number of ketones is 1. The summed E-state index contributed by atoms with van der Waals surface area (Å²) in [5.41, 5.74) is 1.58. The summed E-state index contributed by atoms with van der Waals surface area (Å²) >= 11 is 6.03. The Balaban J connectivity index is 1.90. The van der Waals surface area contributed by atoms with Crippen LogP contribution in [0.4, 0.5) is 0 Å². The summed E-state index contributed by atoms with van der Waals surface area (Å²) in [6.45, 7) is 4.18. The molecule has 3 rings (SSSR count). The molecule has 0 amide bonds. The molecule has 0 aromatic heterocycles. The summed E-state index contributed by atoms with van der Waals surface area (Å²) in [4.78, 5) is 13.0. The molecule has 2 aliphatic rings. The van der Waals surface area contributed by atoms with Crippen molar-refractivity contribution in [2.45, 2.75) is 45.6 Å². The third-order valence-electron chi connectivity index (χ3n) is 5.74. The van der Waals surface area contributed by atoms with Crippen LogP contribution in [0.2, 0.25) is 5.02 Å². The third kappa shape index (κ3) is 2.63. The fraction of sp³-hybridized carbons (Fsp3) is 0.526. The van der Waals surface area contributed by atoms with Crippen molar-refractivity contribution < 1.29 is 9.90 Å². The van der Waals surface area contributed by atoms with Gasteiger partial charge in [0.25, 0.3) is 0 Å². The first-order valence-electron chi connectivity index (χ1n) is 8.11. The van der Waals surface area contributed by atoms with E-state index in [-0.39, 0.29) is 23.2 Å². The lowest BCUT2D eigenvalue weighted by Gasteiger charge is -2.49. The summed E-state index contributed by atoms with van der Waals surface area (Å²) in [6, 6.07) is 7.62. The van der Waals surface area contributed by atoms with Gasteiger partial charge in [-0.3, -0.25) is 4.79 Å². The molecule has 4 atom stereocenters. The molecule has 0 aliphatic heterocycles. The van der Waals surface area contributed by atoms with Gasteiger partial charge in [-0.05, 0) is 66.9 Å². The largest absolute Gasteiger partial charge is 0.393 e. The Kier molecular flexibility index (Phi) is 4.17. The summed E-state index contributed by atoms with van der Waals surface area (Å²) in [6.07, 6.45) is 5.02. The van der Waals surface area contributed by atoms with Crippen molar-refractivity contribution in [1.29, 1.82) is 0 Å². The lowest BCUT2D eigenvalue weighted by molar-refractivity contribution is -0.137. The highest BCUT2D eigenvalue weighted by Gasteiger charge is 2.51. The van der Waals surface area contributed by atoms with Gasteiger partial charge in [0.2, 0.25) is 0 Å². The zero-order chi connectivity index (χ0) is 15.9. The molecule has 2 nitrogen and oxygen atoms in total. The van der Waals surface area contributed by atoms with Crippen LogP contribution in [-0.2, 0) is 4.79 Å². The summed E-state index contributed by atoms with van der Waals surface area (Å²) in [7, 11) is 0. The van der Waals surface area contributed by atoms with Crippen LogP contribution in [-0.4, -0.2) is 17.0 Å². The second-order valence-corrected chi connectivity index (χ2v) is 7.52. The minimum Gasteiger partial charge on any atom is -0.393 e. The molecule has 0 saturated heterocycles. The molecule has 0 radical (unpaired) electrons. The number of aliphatic hydroxyl groups is 1. The van der Waals surface area contributed by atoms with Crippen LogP contribution in [0, 0.1) is 17.3 Å². The predicted molar refractivity (Wildman–Crippen MR) is 89.7 cm³/mol. The zero-order valence-corrected chi connectivity index (χ0v) is 13.9. The van der Waals surface area contributed by atoms with Crippen molar-refractivity contribution in [3.63, 3.8) is 0 Å². The van der Waals surface area contributed by atoms with E-state index < -0.39 is 0 Å². The second-order valence-electron chi connectivity index (χ2n) is 7.08. The Labute approximate surface area is 137 Å². The number of rotatable bonds is 1. The van der Waals surface area contributed by atoms with Crippen LogP contribution in [0.1, 0.15) is 45.1 Å². The molecule has 2 saturated carbocycles. The minimum atomic E-state index is -0.318. The molecule has 22 heavy (non-hydrogen) atoms. The van der Waals surface area contributed by atoms with Crippen molar-refractivity contribution in [3.05, 3.63) is 40.4 Å². The molecule has 3 heteroatoms. The van der Waals surface area contributed by atoms with Crippen LogP contribution < -0.4 is 0 Å². The fourth-order valence-corrected chi connectivity index (χ4v) is 4.53. The molecule has 0 bridgehead atoms. The van der Waals surface area contributed by atoms with E-state index in [9.17, 15) is 9.90 Å². The van der Waals surface area contributed by atoms with E-state index in [2.05, 4.69) is 13.8 Å². The number of fused-ring (bicyclic) bond motifs is 1.